The van der Waals surface area contributed by atoms with E-state index in [-0.39, 0.29) is 6.10 Å². The van der Waals surface area contributed by atoms with Gasteiger partial charge >= 0.3 is 0 Å². The van der Waals surface area contributed by atoms with Crippen LogP contribution in [0.1, 0.15) is 18.5 Å². The molecule has 2 aromatic heterocycles. The van der Waals surface area contributed by atoms with Crippen molar-refractivity contribution in [2.45, 2.75) is 25.9 Å². The van der Waals surface area contributed by atoms with Crippen LogP contribution in [-0.4, -0.2) is 39.1 Å². The third-order valence-corrected chi connectivity index (χ3v) is 3.55. The quantitative estimate of drug-likeness (QED) is 0.867. The van der Waals surface area contributed by atoms with E-state index in [2.05, 4.69) is 24.8 Å². The second-order valence-corrected chi connectivity index (χ2v) is 5.44. The largest absolute Gasteiger partial charge is 0.473 e. The van der Waals surface area contributed by atoms with Gasteiger partial charge in [0.1, 0.15) is 6.10 Å². The summed E-state index contributed by atoms with van der Waals surface area (Å²) in [6.07, 6.45) is 8.58. The number of rotatable bonds is 3. The van der Waals surface area contributed by atoms with Crippen molar-refractivity contribution >= 4 is 17.5 Å². The molecule has 0 unspecified atom stereocenters. The van der Waals surface area contributed by atoms with Crippen molar-refractivity contribution in [1.82, 2.24) is 19.9 Å². The van der Waals surface area contributed by atoms with Gasteiger partial charge in [-0.2, -0.15) is 0 Å². The number of aryl methyl sites for hydroxylation is 1. The van der Waals surface area contributed by atoms with Crippen molar-refractivity contribution in [1.29, 1.82) is 0 Å². The van der Waals surface area contributed by atoms with Crippen LogP contribution in [0, 0.1) is 6.92 Å². The smallest absolute Gasteiger partial charge is 0.232 e. The van der Waals surface area contributed by atoms with Crippen LogP contribution >= 0.6 is 11.6 Å². The van der Waals surface area contributed by atoms with E-state index >= 15 is 0 Å². The summed E-state index contributed by atoms with van der Waals surface area (Å²) in [7, 11) is 0. The number of aromatic nitrogens is 4. The molecule has 1 aliphatic rings. The van der Waals surface area contributed by atoms with Crippen LogP contribution in [-0.2, 0) is 0 Å². The summed E-state index contributed by atoms with van der Waals surface area (Å²) in [5.41, 5.74) is 0.861. The summed E-state index contributed by atoms with van der Waals surface area (Å²) in [6.45, 7) is 3.61. The van der Waals surface area contributed by atoms with E-state index < -0.39 is 0 Å². The molecule has 0 bridgehead atoms. The van der Waals surface area contributed by atoms with Gasteiger partial charge < -0.3 is 9.64 Å². The lowest BCUT2D eigenvalue weighted by Crippen LogP contribution is -2.39. The molecule has 0 radical (unpaired) electrons. The molecule has 0 aliphatic carbocycles. The second kappa shape index (κ2) is 6.22. The molecule has 6 nitrogen and oxygen atoms in total. The molecule has 1 aliphatic heterocycles. The maximum absolute atomic E-state index is 5.88. The Labute approximate surface area is 128 Å². The summed E-state index contributed by atoms with van der Waals surface area (Å²) in [4.78, 5) is 19.0. The Morgan fingerprint density at radius 1 is 1.14 bits per heavy atom. The van der Waals surface area contributed by atoms with E-state index in [4.69, 9.17) is 16.3 Å². The maximum Gasteiger partial charge on any atom is 0.232 e. The average molecular weight is 306 g/mol. The molecule has 0 amide bonds. The highest BCUT2D eigenvalue weighted by atomic mass is 35.5. The van der Waals surface area contributed by atoms with E-state index in [9.17, 15) is 0 Å². The first-order valence-corrected chi connectivity index (χ1v) is 7.26. The number of nitrogens with zero attached hydrogens (tertiary/aromatic N) is 5. The fraction of sp³-hybridized carbons (Fsp3) is 0.429. The SMILES string of the molecule is Cc1cncc(OC2CCN(c3ncc(Cl)cn3)CC2)n1. The maximum atomic E-state index is 5.88. The third kappa shape index (κ3) is 3.58. The van der Waals surface area contributed by atoms with Gasteiger partial charge in [0.25, 0.3) is 0 Å². The van der Waals surface area contributed by atoms with E-state index in [1.165, 1.54) is 0 Å². The van der Waals surface area contributed by atoms with Gasteiger partial charge in [-0.25, -0.2) is 15.0 Å². The van der Waals surface area contributed by atoms with Crippen LogP contribution < -0.4 is 9.64 Å². The summed E-state index contributed by atoms with van der Waals surface area (Å²) in [5, 5.41) is 0.551. The van der Waals surface area contributed by atoms with Crippen molar-refractivity contribution < 1.29 is 4.74 Å². The number of piperidine rings is 1. The van der Waals surface area contributed by atoms with Crippen molar-refractivity contribution in [2.24, 2.45) is 0 Å². The van der Waals surface area contributed by atoms with Crippen LogP contribution in [0.5, 0.6) is 5.88 Å². The Balaban J connectivity index is 1.56. The lowest BCUT2D eigenvalue weighted by molar-refractivity contribution is 0.162. The number of anilines is 1. The average Bonchev–Trinajstić information content (AvgIpc) is 2.49. The molecule has 110 valence electrons. The first kappa shape index (κ1) is 14.0. The Kier molecular flexibility index (Phi) is 4.15. The zero-order valence-corrected chi connectivity index (χ0v) is 12.5. The molecular weight excluding hydrogens is 290 g/mol. The van der Waals surface area contributed by atoms with E-state index in [1.807, 2.05) is 6.92 Å². The highest BCUT2D eigenvalue weighted by molar-refractivity contribution is 6.30. The molecule has 0 spiro atoms. The van der Waals surface area contributed by atoms with Crippen LogP contribution in [0.2, 0.25) is 5.02 Å². The van der Waals surface area contributed by atoms with Gasteiger partial charge in [-0.3, -0.25) is 4.98 Å². The zero-order chi connectivity index (χ0) is 14.7. The highest BCUT2D eigenvalue weighted by Crippen LogP contribution is 2.20. The lowest BCUT2D eigenvalue weighted by atomic mass is 10.1. The summed E-state index contributed by atoms with van der Waals surface area (Å²) < 4.78 is 5.88. The molecule has 3 rings (SSSR count). The van der Waals surface area contributed by atoms with Gasteiger partial charge in [0.2, 0.25) is 11.8 Å². The molecule has 21 heavy (non-hydrogen) atoms. The molecule has 0 aromatic carbocycles. The van der Waals surface area contributed by atoms with Crippen molar-refractivity contribution in [3.8, 4) is 5.88 Å². The van der Waals surface area contributed by atoms with Gasteiger partial charge in [-0.05, 0) is 6.92 Å². The summed E-state index contributed by atoms with van der Waals surface area (Å²) in [6, 6.07) is 0. The van der Waals surface area contributed by atoms with Gasteiger partial charge in [0, 0.05) is 32.1 Å². The predicted octanol–water partition coefficient (Wildman–Crippen LogP) is 2.28. The van der Waals surface area contributed by atoms with Gasteiger partial charge in [0.15, 0.2) is 0 Å². The Bertz CT molecular complexity index is 599. The van der Waals surface area contributed by atoms with Crippen LogP contribution in [0.15, 0.2) is 24.8 Å². The first-order chi connectivity index (χ1) is 10.2. The Morgan fingerprint density at radius 2 is 1.86 bits per heavy atom. The minimum Gasteiger partial charge on any atom is -0.473 e. The standard InChI is InChI=1S/C14H16ClN5O/c1-10-6-16-9-13(19-10)21-12-2-4-20(5-3-12)14-17-7-11(15)8-18-14/h6-9,12H,2-5H2,1H3. The molecule has 2 aromatic rings. The van der Waals surface area contributed by atoms with E-state index in [0.717, 1.165) is 31.6 Å². The third-order valence-electron chi connectivity index (χ3n) is 3.35. The predicted molar refractivity (Wildman–Crippen MR) is 79.7 cm³/mol. The summed E-state index contributed by atoms with van der Waals surface area (Å²) >= 11 is 5.80. The molecular formula is C14H16ClN5O. The number of hydrogen-bond acceptors (Lipinski definition) is 6. The molecule has 0 atom stereocenters. The highest BCUT2D eigenvalue weighted by Gasteiger charge is 2.22. The second-order valence-electron chi connectivity index (χ2n) is 5.00. The molecule has 0 saturated carbocycles. The van der Waals surface area contributed by atoms with Gasteiger partial charge in [0.05, 0.1) is 29.3 Å². The first-order valence-electron chi connectivity index (χ1n) is 6.88. The fourth-order valence-corrected chi connectivity index (χ4v) is 2.41. The normalized spacial score (nSPS) is 16.0. The van der Waals surface area contributed by atoms with E-state index in [0.29, 0.717) is 16.9 Å². The van der Waals surface area contributed by atoms with Crippen LogP contribution in [0.4, 0.5) is 5.95 Å². The van der Waals surface area contributed by atoms with Gasteiger partial charge in [-0.15, -0.1) is 0 Å². The fourth-order valence-electron chi connectivity index (χ4n) is 2.31. The minimum atomic E-state index is 0.157. The minimum absolute atomic E-state index is 0.157. The van der Waals surface area contributed by atoms with Gasteiger partial charge in [-0.1, -0.05) is 11.6 Å². The van der Waals surface area contributed by atoms with E-state index in [1.54, 1.807) is 24.8 Å². The molecule has 0 N–H and O–H groups in total. The summed E-state index contributed by atoms with van der Waals surface area (Å²) in [5.74, 6) is 1.31. The van der Waals surface area contributed by atoms with Crippen LogP contribution in [0.25, 0.3) is 0 Å². The van der Waals surface area contributed by atoms with Crippen molar-refractivity contribution in [2.75, 3.05) is 18.0 Å². The monoisotopic (exact) mass is 305 g/mol. The molecule has 1 saturated heterocycles. The molecule has 3 heterocycles. The van der Waals surface area contributed by atoms with Crippen LogP contribution in [0.3, 0.4) is 0 Å². The molecule has 1 fully saturated rings. The number of hydrogen-bond donors (Lipinski definition) is 0. The Hall–Kier alpha value is -1.95. The topological polar surface area (TPSA) is 64.0 Å². The number of halogens is 1. The molecule has 7 heteroatoms. The lowest BCUT2D eigenvalue weighted by Gasteiger charge is -2.31. The van der Waals surface area contributed by atoms with Crippen molar-refractivity contribution in [3.63, 3.8) is 0 Å². The Morgan fingerprint density at radius 3 is 2.52 bits per heavy atom. The zero-order valence-electron chi connectivity index (χ0n) is 11.7. The number of ether oxygens (including phenoxy) is 1. The van der Waals surface area contributed by atoms with Crippen molar-refractivity contribution in [3.05, 3.63) is 35.5 Å².